The van der Waals surface area contributed by atoms with E-state index >= 15 is 0 Å². The van der Waals surface area contributed by atoms with Crippen molar-refractivity contribution in [3.8, 4) is 0 Å². The second kappa shape index (κ2) is 3.80. The third-order valence-corrected chi connectivity index (χ3v) is 2.63. The van der Waals surface area contributed by atoms with Gasteiger partial charge in [-0.1, -0.05) is 24.3 Å². The predicted molar refractivity (Wildman–Crippen MR) is 53.4 cm³/mol. The molecule has 0 bridgehead atoms. The van der Waals surface area contributed by atoms with Gasteiger partial charge >= 0.3 is 5.97 Å². The largest absolute Gasteiger partial charge is 0.480 e. The van der Waals surface area contributed by atoms with E-state index in [0.717, 1.165) is 13.0 Å². The Kier molecular flexibility index (Phi) is 2.50. The van der Waals surface area contributed by atoms with Crippen molar-refractivity contribution in [1.29, 1.82) is 0 Å². The standard InChI is InChI=1S/C11H13NO2/c13-11(14)7-12-6-9-5-8-3-1-2-4-10(8)9/h1-4,9,12H,5-7H2,(H,13,14). The summed E-state index contributed by atoms with van der Waals surface area (Å²) in [5, 5.41) is 11.4. The number of hydrogen-bond donors (Lipinski definition) is 2. The Balaban J connectivity index is 1.84. The molecule has 0 heterocycles. The fourth-order valence-electron chi connectivity index (χ4n) is 1.90. The van der Waals surface area contributed by atoms with E-state index in [2.05, 4.69) is 17.4 Å². The van der Waals surface area contributed by atoms with Crippen molar-refractivity contribution in [2.75, 3.05) is 13.1 Å². The Morgan fingerprint density at radius 1 is 1.50 bits per heavy atom. The lowest BCUT2D eigenvalue weighted by atomic mass is 9.78. The molecule has 14 heavy (non-hydrogen) atoms. The van der Waals surface area contributed by atoms with Gasteiger partial charge in [-0.05, 0) is 17.5 Å². The zero-order valence-electron chi connectivity index (χ0n) is 7.86. The number of fused-ring (bicyclic) bond motifs is 1. The fourth-order valence-corrected chi connectivity index (χ4v) is 1.90. The molecule has 0 radical (unpaired) electrons. The number of carboxylic acids is 1. The lowest BCUT2D eigenvalue weighted by molar-refractivity contribution is -0.135. The zero-order valence-corrected chi connectivity index (χ0v) is 7.86. The summed E-state index contributed by atoms with van der Waals surface area (Å²) in [4.78, 5) is 10.3. The average Bonchev–Trinajstić information content (AvgIpc) is 2.12. The summed E-state index contributed by atoms with van der Waals surface area (Å²) in [6, 6.07) is 8.32. The van der Waals surface area contributed by atoms with Gasteiger partial charge in [0.15, 0.2) is 0 Å². The van der Waals surface area contributed by atoms with Gasteiger partial charge in [0, 0.05) is 12.5 Å². The molecule has 0 fully saturated rings. The minimum Gasteiger partial charge on any atom is -0.480 e. The van der Waals surface area contributed by atoms with Gasteiger partial charge < -0.3 is 10.4 Å². The molecule has 0 aromatic heterocycles. The molecular formula is C11H13NO2. The molecule has 1 aliphatic rings. The third-order valence-electron chi connectivity index (χ3n) is 2.63. The van der Waals surface area contributed by atoms with Crippen molar-refractivity contribution in [3.05, 3.63) is 35.4 Å². The number of carboxylic acid groups (broad SMARTS) is 1. The summed E-state index contributed by atoms with van der Waals surface area (Å²) >= 11 is 0. The highest BCUT2D eigenvalue weighted by atomic mass is 16.4. The third kappa shape index (κ3) is 1.77. The smallest absolute Gasteiger partial charge is 0.317 e. The first-order chi connectivity index (χ1) is 6.77. The molecule has 3 heteroatoms. The Morgan fingerprint density at radius 2 is 2.29 bits per heavy atom. The topological polar surface area (TPSA) is 49.3 Å². The predicted octanol–water partition coefficient (Wildman–Crippen LogP) is 1.00. The molecule has 0 spiro atoms. The van der Waals surface area contributed by atoms with Crippen LogP contribution < -0.4 is 5.32 Å². The van der Waals surface area contributed by atoms with E-state index in [0.29, 0.717) is 5.92 Å². The second-order valence-electron chi connectivity index (χ2n) is 3.62. The van der Waals surface area contributed by atoms with Crippen LogP contribution in [-0.4, -0.2) is 24.2 Å². The molecule has 1 atom stereocenters. The Morgan fingerprint density at radius 3 is 3.00 bits per heavy atom. The van der Waals surface area contributed by atoms with Crippen LogP contribution in [0.5, 0.6) is 0 Å². The average molecular weight is 191 g/mol. The summed E-state index contributed by atoms with van der Waals surface area (Å²) in [7, 11) is 0. The summed E-state index contributed by atoms with van der Waals surface area (Å²) in [5.41, 5.74) is 2.76. The van der Waals surface area contributed by atoms with Gasteiger partial charge in [-0.15, -0.1) is 0 Å². The molecule has 0 saturated carbocycles. The molecule has 1 unspecified atom stereocenters. The van der Waals surface area contributed by atoms with E-state index in [1.54, 1.807) is 0 Å². The molecule has 1 aromatic rings. The van der Waals surface area contributed by atoms with Gasteiger partial charge in [0.1, 0.15) is 0 Å². The van der Waals surface area contributed by atoms with Crippen LogP contribution in [0.2, 0.25) is 0 Å². The van der Waals surface area contributed by atoms with E-state index < -0.39 is 5.97 Å². The van der Waals surface area contributed by atoms with Crippen LogP contribution in [0.3, 0.4) is 0 Å². The van der Waals surface area contributed by atoms with Crippen molar-refractivity contribution >= 4 is 5.97 Å². The van der Waals surface area contributed by atoms with E-state index in [1.807, 2.05) is 12.1 Å². The van der Waals surface area contributed by atoms with Crippen LogP contribution in [0.1, 0.15) is 17.0 Å². The van der Waals surface area contributed by atoms with Crippen LogP contribution in [-0.2, 0) is 11.2 Å². The minimum absolute atomic E-state index is 0.0542. The normalized spacial score (nSPS) is 18.4. The van der Waals surface area contributed by atoms with Crippen molar-refractivity contribution in [2.45, 2.75) is 12.3 Å². The number of hydrogen-bond acceptors (Lipinski definition) is 2. The van der Waals surface area contributed by atoms with E-state index in [9.17, 15) is 4.79 Å². The first-order valence-electron chi connectivity index (χ1n) is 4.77. The number of rotatable bonds is 4. The first-order valence-corrected chi connectivity index (χ1v) is 4.77. The van der Waals surface area contributed by atoms with Gasteiger partial charge in [-0.2, -0.15) is 0 Å². The maximum absolute atomic E-state index is 10.3. The maximum Gasteiger partial charge on any atom is 0.317 e. The van der Waals surface area contributed by atoms with Crippen molar-refractivity contribution in [3.63, 3.8) is 0 Å². The molecule has 0 amide bonds. The number of nitrogens with one attached hydrogen (secondary N) is 1. The van der Waals surface area contributed by atoms with E-state index in [-0.39, 0.29) is 6.54 Å². The molecular weight excluding hydrogens is 178 g/mol. The van der Waals surface area contributed by atoms with Gasteiger partial charge in [-0.25, -0.2) is 0 Å². The molecule has 0 saturated heterocycles. The Hall–Kier alpha value is -1.35. The van der Waals surface area contributed by atoms with E-state index in [1.165, 1.54) is 11.1 Å². The van der Waals surface area contributed by atoms with Crippen molar-refractivity contribution in [2.24, 2.45) is 0 Å². The van der Waals surface area contributed by atoms with Crippen molar-refractivity contribution < 1.29 is 9.90 Å². The highest BCUT2D eigenvalue weighted by Crippen LogP contribution is 2.33. The van der Waals surface area contributed by atoms with Gasteiger partial charge in [-0.3, -0.25) is 4.79 Å². The quantitative estimate of drug-likeness (QED) is 0.746. The molecule has 1 aliphatic carbocycles. The SMILES string of the molecule is O=C(O)CNCC1Cc2ccccc21. The van der Waals surface area contributed by atoms with E-state index in [4.69, 9.17) is 5.11 Å². The highest BCUT2D eigenvalue weighted by Gasteiger charge is 2.24. The Bertz CT molecular complexity index is 349. The number of benzene rings is 1. The van der Waals surface area contributed by atoms with Crippen LogP contribution in [0.15, 0.2) is 24.3 Å². The molecule has 74 valence electrons. The van der Waals surface area contributed by atoms with Crippen LogP contribution in [0.25, 0.3) is 0 Å². The summed E-state index contributed by atoms with van der Waals surface area (Å²) < 4.78 is 0. The van der Waals surface area contributed by atoms with Gasteiger partial charge in [0.25, 0.3) is 0 Å². The van der Waals surface area contributed by atoms with Crippen LogP contribution in [0, 0.1) is 0 Å². The lowest BCUT2D eigenvalue weighted by Crippen LogP contribution is -2.32. The minimum atomic E-state index is -0.794. The lowest BCUT2D eigenvalue weighted by Gasteiger charge is -2.30. The maximum atomic E-state index is 10.3. The monoisotopic (exact) mass is 191 g/mol. The first kappa shape index (κ1) is 9.21. The molecule has 2 rings (SSSR count). The number of carbonyl (C=O) groups is 1. The second-order valence-corrected chi connectivity index (χ2v) is 3.62. The van der Waals surface area contributed by atoms with Crippen LogP contribution in [0.4, 0.5) is 0 Å². The highest BCUT2D eigenvalue weighted by molar-refractivity contribution is 5.69. The summed E-state index contributed by atoms with van der Waals surface area (Å²) in [6.45, 7) is 0.821. The zero-order chi connectivity index (χ0) is 9.97. The Labute approximate surface area is 82.8 Å². The molecule has 0 aliphatic heterocycles. The molecule has 3 nitrogen and oxygen atoms in total. The summed E-state index contributed by atoms with van der Waals surface area (Å²) in [5.74, 6) is -0.289. The molecule has 1 aromatic carbocycles. The van der Waals surface area contributed by atoms with Gasteiger partial charge in [0.2, 0.25) is 0 Å². The van der Waals surface area contributed by atoms with Gasteiger partial charge in [0.05, 0.1) is 6.54 Å². The molecule has 2 N–H and O–H groups in total. The fraction of sp³-hybridized carbons (Fsp3) is 0.364. The number of aliphatic carboxylic acids is 1. The summed E-state index contributed by atoms with van der Waals surface area (Å²) in [6.07, 6.45) is 1.07. The van der Waals surface area contributed by atoms with Crippen molar-refractivity contribution in [1.82, 2.24) is 5.32 Å². The van der Waals surface area contributed by atoms with Crippen LogP contribution >= 0.6 is 0 Å².